The van der Waals surface area contributed by atoms with Gasteiger partial charge in [-0.05, 0) is 35.4 Å². The van der Waals surface area contributed by atoms with Gasteiger partial charge >= 0.3 is 0 Å². The van der Waals surface area contributed by atoms with Crippen LogP contribution in [0, 0.1) is 20.2 Å². The summed E-state index contributed by atoms with van der Waals surface area (Å²) in [4.78, 5) is 20.2. The van der Waals surface area contributed by atoms with Gasteiger partial charge in [0.05, 0.1) is 9.85 Å². The molecule has 0 amide bonds. The molecule has 0 N–H and O–H groups in total. The topological polar surface area (TPSA) is 86.3 Å². The molecule has 6 heteroatoms. The lowest BCUT2D eigenvalue weighted by Gasteiger charge is -1.93. The molecule has 0 spiro atoms. The standard InChI is InChI=1S/C16H12N2O4/c19-17(20)15-9-5-13(6-10-15)3-1-2-4-14-7-11-16(12-8-14)18(21)22/h1-12H/b3-1-,4-2+. The van der Waals surface area contributed by atoms with Crippen molar-refractivity contribution in [1.82, 2.24) is 0 Å². The molecule has 0 unspecified atom stereocenters. The van der Waals surface area contributed by atoms with Crippen molar-refractivity contribution in [3.05, 3.63) is 92.0 Å². The van der Waals surface area contributed by atoms with E-state index < -0.39 is 9.85 Å². The molecule has 0 bridgehead atoms. The van der Waals surface area contributed by atoms with Crippen LogP contribution in [-0.4, -0.2) is 9.85 Å². The number of hydrogen-bond acceptors (Lipinski definition) is 4. The van der Waals surface area contributed by atoms with E-state index >= 15 is 0 Å². The van der Waals surface area contributed by atoms with Crippen molar-refractivity contribution in [2.75, 3.05) is 0 Å². The van der Waals surface area contributed by atoms with Gasteiger partial charge in [0, 0.05) is 24.3 Å². The first kappa shape index (κ1) is 15.1. The van der Waals surface area contributed by atoms with Gasteiger partial charge in [0.15, 0.2) is 0 Å². The zero-order chi connectivity index (χ0) is 15.9. The predicted octanol–water partition coefficient (Wildman–Crippen LogP) is 4.23. The van der Waals surface area contributed by atoms with Gasteiger partial charge in [-0.1, -0.05) is 24.3 Å². The average Bonchev–Trinajstić information content (AvgIpc) is 2.52. The summed E-state index contributed by atoms with van der Waals surface area (Å²) in [5.74, 6) is 0. The van der Waals surface area contributed by atoms with Crippen LogP contribution in [-0.2, 0) is 0 Å². The number of allylic oxidation sites excluding steroid dienone is 2. The van der Waals surface area contributed by atoms with Gasteiger partial charge in [-0.3, -0.25) is 20.2 Å². The number of non-ortho nitro benzene ring substituents is 2. The van der Waals surface area contributed by atoms with Gasteiger partial charge in [-0.25, -0.2) is 0 Å². The minimum Gasteiger partial charge on any atom is -0.258 e. The van der Waals surface area contributed by atoms with E-state index in [1.54, 1.807) is 36.4 Å². The van der Waals surface area contributed by atoms with E-state index in [9.17, 15) is 20.2 Å². The first-order valence-corrected chi connectivity index (χ1v) is 6.40. The Morgan fingerprint density at radius 3 is 1.23 bits per heavy atom. The fourth-order valence-electron chi connectivity index (χ4n) is 1.75. The number of hydrogen-bond donors (Lipinski definition) is 0. The number of benzene rings is 2. The third-order valence-electron chi connectivity index (χ3n) is 2.90. The SMILES string of the molecule is O=[N+]([O-])c1ccc(/C=C\C=C\c2ccc([N+](=O)[O-])cc2)cc1. The van der Waals surface area contributed by atoms with E-state index in [4.69, 9.17) is 0 Å². The largest absolute Gasteiger partial charge is 0.269 e. The summed E-state index contributed by atoms with van der Waals surface area (Å²) in [5.41, 5.74) is 1.80. The maximum absolute atomic E-state index is 10.5. The van der Waals surface area contributed by atoms with E-state index in [1.807, 2.05) is 12.2 Å². The second kappa shape index (κ2) is 6.94. The van der Waals surface area contributed by atoms with Crippen molar-refractivity contribution in [2.45, 2.75) is 0 Å². The highest BCUT2D eigenvalue weighted by atomic mass is 16.6. The van der Waals surface area contributed by atoms with E-state index in [1.165, 1.54) is 24.3 Å². The molecule has 2 aromatic carbocycles. The summed E-state index contributed by atoms with van der Waals surface area (Å²) in [7, 11) is 0. The molecule has 0 aliphatic carbocycles. The van der Waals surface area contributed by atoms with Crippen LogP contribution < -0.4 is 0 Å². The Balaban J connectivity index is 1.99. The summed E-state index contributed by atoms with van der Waals surface area (Å²) < 4.78 is 0. The molecular weight excluding hydrogens is 284 g/mol. The minimum absolute atomic E-state index is 0.0542. The van der Waals surface area contributed by atoms with Gasteiger partial charge in [-0.2, -0.15) is 0 Å². The Morgan fingerprint density at radius 2 is 0.955 bits per heavy atom. The summed E-state index contributed by atoms with van der Waals surface area (Å²) in [6.45, 7) is 0. The highest BCUT2D eigenvalue weighted by molar-refractivity contribution is 5.58. The van der Waals surface area contributed by atoms with Crippen LogP contribution in [0.1, 0.15) is 11.1 Å². The predicted molar refractivity (Wildman–Crippen MR) is 84.3 cm³/mol. The molecule has 0 aromatic heterocycles. The maximum atomic E-state index is 10.5. The number of rotatable bonds is 5. The Labute approximate surface area is 126 Å². The summed E-state index contributed by atoms with van der Waals surface area (Å²) in [5, 5.41) is 21.1. The maximum Gasteiger partial charge on any atom is 0.269 e. The zero-order valence-electron chi connectivity index (χ0n) is 11.5. The molecule has 0 aliphatic heterocycles. The van der Waals surface area contributed by atoms with Gasteiger partial charge < -0.3 is 0 Å². The molecule has 0 fully saturated rings. The van der Waals surface area contributed by atoms with Crippen LogP contribution >= 0.6 is 0 Å². The fourth-order valence-corrected chi connectivity index (χ4v) is 1.75. The zero-order valence-corrected chi connectivity index (χ0v) is 11.5. The van der Waals surface area contributed by atoms with Crippen molar-refractivity contribution in [3.8, 4) is 0 Å². The van der Waals surface area contributed by atoms with Crippen molar-refractivity contribution in [2.24, 2.45) is 0 Å². The van der Waals surface area contributed by atoms with E-state index in [0.29, 0.717) is 0 Å². The van der Waals surface area contributed by atoms with Crippen LogP contribution in [0.3, 0.4) is 0 Å². The van der Waals surface area contributed by atoms with Crippen LogP contribution in [0.15, 0.2) is 60.7 Å². The van der Waals surface area contributed by atoms with Crippen LogP contribution in [0.2, 0.25) is 0 Å². The second-order valence-corrected chi connectivity index (χ2v) is 4.42. The highest BCUT2D eigenvalue weighted by Crippen LogP contribution is 2.14. The summed E-state index contributed by atoms with van der Waals surface area (Å²) in [6.07, 6.45) is 7.21. The molecule has 110 valence electrons. The Bertz CT molecular complexity index is 666. The molecule has 0 radical (unpaired) electrons. The Morgan fingerprint density at radius 1 is 0.636 bits per heavy atom. The van der Waals surface area contributed by atoms with Crippen molar-refractivity contribution in [1.29, 1.82) is 0 Å². The lowest BCUT2D eigenvalue weighted by atomic mass is 10.1. The molecule has 0 saturated carbocycles. The molecule has 2 aromatic rings. The summed E-state index contributed by atoms with van der Waals surface area (Å²) in [6, 6.07) is 12.4. The molecule has 0 atom stereocenters. The molecule has 0 aliphatic rings. The molecule has 22 heavy (non-hydrogen) atoms. The second-order valence-electron chi connectivity index (χ2n) is 4.42. The van der Waals surface area contributed by atoms with Crippen molar-refractivity contribution >= 4 is 23.5 Å². The normalized spacial score (nSPS) is 11.1. The van der Waals surface area contributed by atoms with Crippen LogP contribution in [0.5, 0.6) is 0 Å². The van der Waals surface area contributed by atoms with Crippen LogP contribution in [0.4, 0.5) is 11.4 Å². The minimum atomic E-state index is -0.442. The molecule has 0 heterocycles. The quantitative estimate of drug-likeness (QED) is 0.469. The average molecular weight is 296 g/mol. The third kappa shape index (κ3) is 4.11. The smallest absolute Gasteiger partial charge is 0.258 e. The van der Waals surface area contributed by atoms with E-state index in [-0.39, 0.29) is 11.4 Å². The molecule has 0 saturated heterocycles. The Hall–Kier alpha value is -3.28. The first-order chi connectivity index (χ1) is 10.6. The van der Waals surface area contributed by atoms with Gasteiger partial charge in [0.25, 0.3) is 11.4 Å². The molecule has 6 nitrogen and oxygen atoms in total. The van der Waals surface area contributed by atoms with Gasteiger partial charge in [0.1, 0.15) is 0 Å². The summed E-state index contributed by atoms with van der Waals surface area (Å²) >= 11 is 0. The van der Waals surface area contributed by atoms with Crippen molar-refractivity contribution < 1.29 is 9.85 Å². The Kier molecular flexibility index (Phi) is 4.77. The fraction of sp³-hybridized carbons (Fsp3) is 0. The number of nitro groups is 2. The van der Waals surface area contributed by atoms with Crippen molar-refractivity contribution in [3.63, 3.8) is 0 Å². The van der Waals surface area contributed by atoms with E-state index in [0.717, 1.165) is 11.1 Å². The molecular formula is C16H12N2O4. The lowest BCUT2D eigenvalue weighted by Crippen LogP contribution is -1.86. The van der Waals surface area contributed by atoms with Gasteiger partial charge in [0.2, 0.25) is 0 Å². The van der Waals surface area contributed by atoms with Gasteiger partial charge in [-0.15, -0.1) is 0 Å². The number of nitro benzene ring substituents is 2. The third-order valence-corrected chi connectivity index (χ3v) is 2.90. The highest BCUT2D eigenvalue weighted by Gasteiger charge is 2.02. The van der Waals surface area contributed by atoms with E-state index in [2.05, 4.69) is 0 Å². The lowest BCUT2D eigenvalue weighted by molar-refractivity contribution is -0.385. The first-order valence-electron chi connectivity index (χ1n) is 6.40. The molecule has 2 rings (SSSR count). The van der Waals surface area contributed by atoms with Crippen LogP contribution in [0.25, 0.3) is 12.2 Å². The monoisotopic (exact) mass is 296 g/mol. The number of nitrogens with zero attached hydrogens (tertiary/aromatic N) is 2.